The quantitative estimate of drug-likeness (QED) is 0.418. The van der Waals surface area contributed by atoms with E-state index in [0.29, 0.717) is 12.0 Å². The number of allylic oxidation sites excluding steroid dienone is 1. The number of benzene rings is 3. The van der Waals surface area contributed by atoms with Crippen molar-refractivity contribution in [3.63, 3.8) is 0 Å². The zero-order valence-electron chi connectivity index (χ0n) is 18.4. The van der Waals surface area contributed by atoms with Crippen LogP contribution in [0, 0.1) is 6.92 Å². The fourth-order valence-corrected chi connectivity index (χ4v) is 4.34. The van der Waals surface area contributed by atoms with Gasteiger partial charge in [-0.05, 0) is 71.2 Å². The van der Waals surface area contributed by atoms with Crippen molar-refractivity contribution in [2.24, 2.45) is 0 Å². The molecule has 0 bridgehead atoms. The molecule has 0 atom stereocenters. The van der Waals surface area contributed by atoms with E-state index in [1.165, 1.54) is 22.3 Å². The predicted octanol–water partition coefficient (Wildman–Crippen LogP) is 7.00. The van der Waals surface area contributed by atoms with Crippen molar-refractivity contribution >= 4 is 23.5 Å². The maximum absolute atomic E-state index is 13.1. The maximum Gasteiger partial charge on any atom is 0.171 e. The third kappa shape index (κ3) is 4.53. The number of carbonyl (C=O) groups excluding carboxylic acids is 1. The maximum atomic E-state index is 13.1. The Bertz CT molecular complexity index is 1220. The average molecular weight is 405 g/mol. The highest BCUT2D eigenvalue weighted by Crippen LogP contribution is 2.28. The molecule has 0 fully saturated rings. The summed E-state index contributed by atoms with van der Waals surface area (Å²) in [6, 6.07) is 21.5. The molecule has 154 valence electrons. The van der Waals surface area contributed by atoms with Crippen LogP contribution in [0.15, 0.2) is 73.0 Å². The molecule has 31 heavy (non-hydrogen) atoms. The largest absolute Gasteiger partial charge is 0.293 e. The van der Waals surface area contributed by atoms with Gasteiger partial charge in [0.15, 0.2) is 5.78 Å². The molecule has 1 nitrogen and oxygen atoms in total. The van der Waals surface area contributed by atoms with Crippen molar-refractivity contribution in [3.05, 3.63) is 117 Å². The normalized spacial score (nSPS) is 13.2. The summed E-state index contributed by atoms with van der Waals surface area (Å²) < 4.78 is 0. The van der Waals surface area contributed by atoms with E-state index in [4.69, 9.17) is 0 Å². The Morgan fingerprint density at radius 1 is 0.968 bits per heavy atom. The van der Waals surface area contributed by atoms with Gasteiger partial charge in [-0.25, -0.2) is 0 Å². The monoisotopic (exact) mass is 404 g/mol. The molecule has 1 aliphatic rings. The summed E-state index contributed by atoms with van der Waals surface area (Å²) in [5.41, 5.74) is 13.4. The number of aryl methyl sites for hydroxylation is 3. The van der Waals surface area contributed by atoms with Crippen LogP contribution in [-0.4, -0.2) is 5.78 Å². The molecular formula is C30H28O. The zero-order chi connectivity index (χ0) is 21.8. The predicted molar refractivity (Wildman–Crippen MR) is 131 cm³/mol. The average Bonchev–Trinajstić information content (AvgIpc) is 2.78. The molecule has 3 aromatic rings. The van der Waals surface area contributed by atoms with Gasteiger partial charge < -0.3 is 0 Å². The van der Waals surface area contributed by atoms with Crippen molar-refractivity contribution in [2.75, 3.05) is 0 Å². The Balaban J connectivity index is 1.71. The fourth-order valence-electron chi connectivity index (χ4n) is 4.34. The van der Waals surface area contributed by atoms with Crippen molar-refractivity contribution in [2.45, 2.75) is 39.5 Å². The van der Waals surface area contributed by atoms with E-state index in [9.17, 15) is 4.79 Å². The molecule has 0 saturated carbocycles. The molecule has 0 N–H and O–H groups in total. The van der Waals surface area contributed by atoms with Crippen LogP contribution >= 0.6 is 0 Å². The fraction of sp³-hybridized carbons (Fsp3) is 0.200. The van der Waals surface area contributed by atoms with Crippen LogP contribution in [0.25, 0.3) is 17.7 Å². The highest BCUT2D eigenvalue weighted by Gasteiger charge is 2.18. The first kappa shape index (κ1) is 20.8. The summed E-state index contributed by atoms with van der Waals surface area (Å²) in [4.78, 5) is 13.1. The van der Waals surface area contributed by atoms with Gasteiger partial charge in [0.25, 0.3) is 0 Å². The second-order valence-corrected chi connectivity index (χ2v) is 8.21. The molecule has 0 unspecified atom stereocenters. The third-order valence-corrected chi connectivity index (χ3v) is 6.06. The van der Waals surface area contributed by atoms with Gasteiger partial charge in [0.2, 0.25) is 0 Å². The summed E-state index contributed by atoms with van der Waals surface area (Å²) in [5.74, 6) is 0.139. The molecule has 0 spiro atoms. The van der Waals surface area contributed by atoms with Crippen LogP contribution in [0.2, 0.25) is 0 Å². The van der Waals surface area contributed by atoms with Crippen LogP contribution in [0.5, 0.6) is 0 Å². The van der Waals surface area contributed by atoms with E-state index >= 15 is 0 Å². The minimum atomic E-state index is 0.139. The molecule has 0 radical (unpaired) electrons. The topological polar surface area (TPSA) is 17.1 Å². The first-order valence-electron chi connectivity index (χ1n) is 11.0. The van der Waals surface area contributed by atoms with Crippen molar-refractivity contribution in [1.29, 1.82) is 0 Å². The Morgan fingerprint density at radius 2 is 1.74 bits per heavy atom. The lowest BCUT2D eigenvalue weighted by molar-refractivity contribution is -0.113. The highest BCUT2D eigenvalue weighted by atomic mass is 16.1. The summed E-state index contributed by atoms with van der Waals surface area (Å²) in [6.07, 6.45) is 6.98. The van der Waals surface area contributed by atoms with Gasteiger partial charge in [0, 0.05) is 12.0 Å². The number of hydrogen-bond donors (Lipinski definition) is 0. The van der Waals surface area contributed by atoms with Gasteiger partial charge in [0.1, 0.15) is 0 Å². The Kier molecular flexibility index (Phi) is 6.16. The molecule has 3 aromatic carbocycles. The molecular weight excluding hydrogens is 376 g/mol. The summed E-state index contributed by atoms with van der Waals surface area (Å²) >= 11 is 0. The second-order valence-electron chi connectivity index (χ2n) is 8.21. The van der Waals surface area contributed by atoms with Crippen LogP contribution in [0.3, 0.4) is 0 Å². The first-order chi connectivity index (χ1) is 15.1. The van der Waals surface area contributed by atoms with Crippen molar-refractivity contribution < 1.29 is 4.79 Å². The Morgan fingerprint density at radius 3 is 2.55 bits per heavy atom. The van der Waals surface area contributed by atoms with Gasteiger partial charge in [-0.2, -0.15) is 0 Å². The number of fused-ring (bicyclic) bond motifs is 1. The van der Waals surface area contributed by atoms with Crippen molar-refractivity contribution in [3.8, 4) is 0 Å². The standard InChI is InChI=1S/C30H28O/c1-4-22-9-7-10-23(18-22)19-24-12-13-26-14-16-28(29(31)17-15-27(26)20-24)30-21(3)8-6-11-25(30)5-2/h5-14,18,20H,2,4,15,17,19H2,1,3H3. The van der Waals surface area contributed by atoms with Crippen LogP contribution in [-0.2, 0) is 24.1 Å². The summed E-state index contributed by atoms with van der Waals surface area (Å²) in [5, 5.41) is 0. The van der Waals surface area contributed by atoms with E-state index in [1.54, 1.807) is 0 Å². The van der Waals surface area contributed by atoms with E-state index in [1.807, 2.05) is 37.3 Å². The van der Waals surface area contributed by atoms with E-state index in [0.717, 1.165) is 41.5 Å². The molecule has 0 amide bonds. The van der Waals surface area contributed by atoms with Gasteiger partial charge >= 0.3 is 0 Å². The Labute approximate surface area is 185 Å². The summed E-state index contributed by atoms with van der Waals surface area (Å²) in [6.45, 7) is 8.15. The molecule has 0 aromatic heterocycles. The summed E-state index contributed by atoms with van der Waals surface area (Å²) in [7, 11) is 0. The number of rotatable bonds is 5. The number of Topliss-reactive ketones (excluding diaryl/α,β-unsaturated/α-hetero) is 1. The number of carbonyl (C=O) groups is 1. The second kappa shape index (κ2) is 9.16. The molecule has 4 rings (SSSR count). The first-order valence-corrected chi connectivity index (χ1v) is 11.0. The van der Waals surface area contributed by atoms with Crippen LogP contribution in [0.1, 0.15) is 57.9 Å². The van der Waals surface area contributed by atoms with E-state index in [2.05, 4.69) is 61.7 Å². The van der Waals surface area contributed by atoms with E-state index < -0.39 is 0 Å². The third-order valence-electron chi connectivity index (χ3n) is 6.06. The molecule has 0 aliphatic heterocycles. The van der Waals surface area contributed by atoms with Gasteiger partial charge in [-0.15, -0.1) is 5.73 Å². The minimum Gasteiger partial charge on any atom is -0.293 e. The lowest BCUT2D eigenvalue weighted by atomic mass is 9.88. The molecule has 1 heteroatoms. The number of ketones is 1. The van der Waals surface area contributed by atoms with Gasteiger partial charge in [-0.1, -0.05) is 80.2 Å². The Hall–Kier alpha value is -3.41. The van der Waals surface area contributed by atoms with Gasteiger partial charge in [0.05, 0.1) is 5.57 Å². The zero-order valence-corrected chi connectivity index (χ0v) is 18.4. The highest BCUT2D eigenvalue weighted by molar-refractivity contribution is 6.22. The van der Waals surface area contributed by atoms with Crippen LogP contribution in [0.4, 0.5) is 0 Å². The lowest BCUT2D eigenvalue weighted by Crippen LogP contribution is -2.08. The molecule has 1 aliphatic carbocycles. The SMILES string of the molecule is C=Cc1cccc(C)c1C1=C=Cc2ccc(Cc3cccc(CC)c3)cc2CCC1=O. The van der Waals surface area contributed by atoms with Crippen molar-refractivity contribution in [1.82, 2.24) is 0 Å². The molecule has 0 heterocycles. The minimum absolute atomic E-state index is 0.139. The van der Waals surface area contributed by atoms with Gasteiger partial charge in [-0.3, -0.25) is 4.79 Å². The van der Waals surface area contributed by atoms with Crippen LogP contribution < -0.4 is 0 Å². The molecule has 0 saturated heterocycles. The number of hydrogen-bond acceptors (Lipinski definition) is 1. The van der Waals surface area contributed by atoms with E-state index in [-0.39, 0.29) is 5.78 Å². The smallest absolute Gasteiger partial charge is 0.171 e. The lowest BCUT2D eigenvalue weighted by Gasteiger charge is -2.15.